The first kappa shape index (κ1) is 9.04. The molecule has 2 heteroatoms. The Labute approximate surface area is 72.9 Å². The van der Waals surface area contributed by atoms with Crippen molar-refractivity contribution in [1.82, 2.24) is 0 Å². The van der Waals surface area contributed by atoms with Crippen molar-refractivity contribution in [2.45, 2.75) is 32.3 Å². The zero-order valence-corrected chi connectivity index (χ0v) is 7.38. The van der Waals surface area contributed by atoms with Crippen LogP contribution >= 0.6 is 0 Å². The summed E-state index contributed by atoms with van der Waals surface area (Å²) in [6, 6.07) is 0. The van der Waals surface area contributed by atoms with Crippen LogP contribution in [0.4, 0.5) is 0 Å². The van der Waals surface area contributed by atoms with Gasteiger partial charge in [-0.2, -0.15) is 0 Å². The Morgan fingerprint density at radius 3 is 3.00 bits per heavy atom. The Kier molecular flexibility index (Phi) is 3.09. The molecule has 1 aliphatic heterocycles. The van der Waals surface area contributed by atoms with Gasteiger partial charge in [0, 0.05) is 5.57 Å². The zero-order chi connectivity index (χ0) is 8.97. The van der Waals surface area contributed by atoms with Gasteiger partial charge in [-0.05, 0) is 26.2 Å². The van der Waals surface area contributed by atoms with Gasteiger partial charge < -0.3 is 4.74 Å². The zero-order valence-electron chi connectivity index (χ0n) is 7.38. The molecule has 0 aromatic rings. The van der Waals surface area contributed by atoms with Crippen LogP contribution in [0, 0.1) is 0 Å². The van der Waals surface area contributed by atoms with Crippen molar-refractivity contribution in [3.8, 4) is 0 Å². The van der Waals surface area contributed by atoms with E-state index in [2.05, 4.69) is 6.58 Å². The van der Waals surface area contributed by atoms with Crippen molar-refractivity contribution in [3.05, 3.63) is 24.3 Å². The van der Waals surface area contributed by atoms with Crippen LogP contribution in [0.1, 0.15) is 26.2 Å². The summed E-state index contributed by atoms with van der Waals surface area (Å²) in [6.07, 6.45) is 6.16. The monoisotopic (exact) mass is 166 g/mol. The van der Waals surface area contributed by atoms with Crippen LogP contribution < -0.4 is 0 Å². The van der Waals surface area contributed by atoms with Crippen LogP contribution in [0.5, 0.6) is 0 Å². The molecular formula is C10H14O2. The van der Waals surface area contributed by atoms with Crippen LogP contribution in [0.25, 0.3) is 0 Å². The van der Waals surface area contributed by atoms with Crippen molar-refractivity contribution >= 4 is 5.97 Å². The quantitative estimate of drug-likeness (QED) is 0.339. The highest BCUT2D eigenvalue weighted by Gasteiger charge is 2.19. The molecular weight excluding hydrogens is 152 g/mol. The van der Waals surface area contributed by atoms with Gasteiger partial charge in [0.1, 0.15) is 6.10 Å². The fourth-order valence-electron chi connectivity index (χ4n) is 1.30. The molecule has 0 spiro atoms. The van der Waals surface area contributed by atoms with Gasteiger partial charge in [0.25, 0.3) is 0 Å². The third kappa shape index (κ3) is 1.97. The lowest BCUT2D eigenvalue weighted by molar-refractivity contribution is -0.141. The Morgan fingerprint density at radius 1 is 1.67 bits per heavy atom. The topological polar surface area (TPSA) is 26.3 Å². The van der Waals surface area contributed by atoms with E-state index in [1.165, 1.54) is 0 Å². The first-order chi connectivity index (χ1) is 5.77. The molecule has 1 rings (SSSR count). The molecule has 1 fully saturated rings. The summed E-state index contributed by atoms with van der Waals surface area (Å²) in [5.41, 5.74) is 0.791. The van der Waals surface area contributed by atoms with Crippen molar-refractivity contribution in [2.75, 3.05) is 0 Å². The molecule has 66 valence electrons. The number of carbonyl (C=O) groups is 1. The SMILES string of the molecule is C=CC1CCC/C(=C\C)C(=O)O1. The highest BCUT2D eigenvalue weighted by atomic mass is 16.5. The van der Waals surface area contributed by atoms with Crippen LogP contribution in [0.15, 0.2) is 24.3 Å². The summed E-state index contributed by atoms with van der Waals surface area (Å²) in [5.74, 6) is -0.181. The van der Waals surface area contributed by atoms with Crippen LogP contribution in [-0.2, 0) is 9.53 Å². The number of hydrogen-bond donors (Lipinski definition) is 0. The van der Waals surface area contributed by atoms with Crippen LogP contribution in [0.2, 0.25) is 0 Å². The Morgan fingerprint density at radius 2 is 2.42 bits per heavy atom. The summed E-state index contributed by atoms with van der Waals surface area (Å²) >= 11 is 0. The molecule has 2 nitrogen and oxygen atoms in total. The molecule has 0 saturated carbocycles. The predicted octanol–water partition coefficient (Wildman–Crippen LogP) is 2.21. The third-order valence-electron chi connectivity index (χ3n) is 2.07. The van der Waals surface area contributed by atoms with Gasteiger partial charge in [0.15, 0.2) is 0 Å². The molecule has 0 radical (unpaired) electrons. The minimum Gasteiger partial charge on any atom is -0.455 e. The van der Waals surface area contributed by atoms with Crippen molar-refractivity contribution in [2.24, 2.45) is 0 Å². The second-order valence-corrected chi connectivity index (χ2v) is 2.89. The fraction of sp³-hybridized carbons (Fsp3) is 0.500. The first-order valence-corrected chi connectivity index (χ1v) is 4.26. The Balaban J connectivity index is 2.68. The van der Waals surface area contributed by atoms with Crippen molar-refractivity contribution in [3.63, 3.8) is 0 Å². The molecule has 0 bridgehead atoms. The van der Waals surface area contributed by atoms with Gasteiger partial charge in [-0.25, -0.2) is 4.79 Å². The van der Waals surface area contributed by atoms with Crippen molar-refractivity contribution in [1.29, 1.82) is 0 Å². The maximum Gasteiger partial charge on any atom is 0.334 e. The number of hydrogen-bond acceptors (Lipinski definition) is 2. The molecule has 0 aliphatic carbocycles. The lowest BCUT2D eigenvalue weighted by atomic mass is 10.1. The lowest BCUT2D eigenvalue weighted by Crippen LogP contribution is -2.13. The van der Waals surface area contributed by atoms with E-state index in [9.17, 15) is 4.79 Å². The lowest BCUT2D eigenvalue weighted by Gasteiger charge is -2.08. The number of esters is 1. The van der Waals surface area contributed by atoms with E-state index in [1.807, 2.05) is 13.0 Å². The molecule has 0 aromatic carbocycles. The molecule has 1 atom stereocenters. The summed E-state index contributed by atoms with van der Waals surface area (Å²) in [7, 11) is 0. The maximum atomic E-state index is 11.3. The second kappa shape index (κ2) is 4.10. The van der Waals surface area contributed by atoms with Crippen LogP contribution in [0.3, 0.4) is 0 Å². The van der Waals surface area contributed by atoms with E-state index < -0.39 is 0 Å². The van der Waals surface area contributed by atoms with Gasteiger partial charge in [0.05, 0.1) is 0 Å². The minimum atomic E-state index is -0.181. The predicted molar refractivity (Wildman–Crippen MR) is 47.7 cm³/mol. The number of cyclic esters (lactones) is 1. The van der Waals surface area contributed by atoms with Gasteiger partial charge in [-0.3, -0.25) is 0 Å². The molecule has 1 unspecified atom stereocenters. The molecule has 0 aromatic heterocycles. The Hall–Kier alpha value is -1.05. The molecule has 1 heterocycles. The standard InChI is InChI=1S/C10H14O2/c1-3-8-6-5-7-9(4-2)12-10(8)11/h3-4,9H,2,5-7H2,1H3/b8-3+. The number of ether oxygens (including phenoxy) is 1. The molecule has 1 aliphatic rings. The molecule has 0 amide bonds. The third-order valence-corrected chi connectivity index (χ3v) is 2.07. The fourth-order valence-corrected chi connectivity index (χ4v) is 1.30. The Bertz CT molecular complexity index is 216. The van der Waals surface area contributed by atoms with E-state index in [-0.39, 0.29) is 12.1 Å². The summed E-state index contributed by atoms with van der Waals surface area (Å²) < 4.78 is 5.14. The van der Waals surface area contributed by atoms with Gasteiger partial charge >= 0.3 is 5.97 Å². The van der Waals surface area contributed by atoms with E-state index in [0.717, 1.165) is 24.8 Å². The highest BCUT2D eigenvalue weighted by Crippen LogP contribution is 2.19. The number of allylic oxidation sites excluding steroid dienone is 1. The second-order valence-electron chi connectivity index (χ2n) is 2.89. The summed E-state index contributed by atoms with van der Waals surface area (Å²) in [6.45, 7) is 5.48. The smallest absolute Gasteiger partial charge is 0.334 e. The molecule has 0 N–H and O–H groups in total. The summed E-state index contributed by atoms with van der Waals surface area (Å²) in [4.78, 5) is 11.3. The number of carbonyl (C=O) groups excluding carboxylic acids is 1. The van der Waals surface area contributed by atoms with E-state index in [0.29, 0.717) is 0 Å². The van der Waals surface area contributed by atoms with Gasteiger partial charge in [0.2, 0.25) is 0 Å². The summed E-state index contributed by atoms with van der Waals surface area (Å²) in [5, 5.41) is 0. The molecule has 1 saturated heterocycles. The van der Waals surface area contributed by atoms with E-state index in [4.69, 9.17) is 4.74 Å². The maximum absolute atomic E-state index is 11.3. The van der Waals surface area contributed by atoms with Gasteiger partial charge in [-0.1, -0.05) is 18.7 Å². The average Bonchev–Trinajstić information content (AvgIpc) is 2.26. The first-order valence-electron chi connectivity index (χ1n) is 4.26. The molecule has 12 heavy (non-hydrogen) atoms. The number of rotatable bonds is 1. The van der Waals surface area contributed by atoms with E-state index >= 15 is 0 Å². The van der Waals surface area contributed by atoms with E-state index in [1.54, 1.807) is 6.08 Å². The average molecular weight is 166 g/mol. The van der Waals surface area contributed by atoms with Crippen molar-refractivity contribution < 1.29 is 9.53 Å². The normalized spacial score (nSPS) is 27.9. The minimum absolute atomic E-state index is 0.0880. The largest absolute Gasteiger partial charge is 0.455 e. The van der Waals surface area contributed by atoms with Gasteiger partial charge in [-0.15, -0.1) is 0 Å². The van der Waals surface area contributed by atoms with Crippen LogP contribution in [-0.4, -0.2) is 12.1 Å². The highest BCUT2D eigenvalue weighted by molar-refractivity contribution is 5.88.